The first kappa shape index (κ1) is 60.4. The van der Waals surface area contributed by atoms with Gasteiger partial charge in [-0.3, -0.25) is 9.69 Å². The largest absolute Gasteiger partial charge is 3.00 e. The number of carbonyl (C=O) groups is 3. The standard InChI is InChI=1S/C24H20B.C15H34N3O3.3C2H4O2.2Ni/c1-5-13-21(14-6-1)25(22-15-7-2-8-16-22,23-17-9-3-10-18-23)24-19-11-4-12-20-24;1-16(2)7-6-8-17(3)13-15(19)14-18(9-11-20-4)10-12-21-5;3*1-2(3)4;;/h1-20H;15H,6-14H2,1-5H3;3*1H3,(H,3,4);;/q2*-1;;;;+2;+3/p-2/t;15-;;;;;/m.1...../s1. The Morgan fingerprint density at radius 1 is 0.600 bits per heavy atom. The number of aliphatic carboxylic acids is 3. The van der Waals surface area contributed by atoms with Crippen LogP contribution < -0.4 is 37.2 Å². The zero-order valence-electron chi connectivity index (χ0n) is 36.3. The number of benzene rings is 4. The Labute approximate surface area is 378 Å². The molecule has 1 atom stereocenters. The molecule has 0 spiro atoms. The monoisotopic (exact) mass is 917 g/mol. The predicted molar refractivity (Wildman–Crippen MR) is 229 cm³/mol. The fourth-order valence-corrected chi connectivity index (χ4v) is 6.30. The van der Waals surface area contributed by atoms with Gasteiger partial charge in [0.25, 0.3) is 5.97 Å². The molecule has 0 saturated carbocycles. The Balaban J connectivity index is -0.000000840. The fourth-order valence-electron chi connectivity index (χ4n) is 6.30. The van der Waals surface area contributed by atoms with Crippen LogP contribution in [0.5, 0.6) is 0 Å². The summed E-state index contributed by atoms with van der Waals surface area (Å²) >= 11 is 0. The van der Waals surface area contributed by atoms with E-state index in [-0.39, 0.29) is 33.0 Å². The van der Waals surface area contributed by atoms with Crippen molar-refractivity contribution in [3.05, 3.63) is 121 Å². The van der Waals surface area contributed by atoms with Crippen molar-refractivity contribution in [1.82, 2.24) is 14.7 Å². The molecule has 1 N–H and O–H groups in total. The van der Waals surface area contributed by atoms with E-state index in [1.807, 2.05) is 7.05 Å². The summed E-state index contributed by atoms with van der Waals surface area (Å²) in [5.41, 5.74) is 5.36. The molecule has 335 valence electrons. The van der Waals surface area contributed by atoms with Gasteiger partial charge >= 0.3 is 33.0 Å². The minimum absolute atomic E-state index is 0. The van der Waals surface area contributed by atoms with Crippen molar-refractivity contribution in [2.45, 2.75) is 33.3 Å². The Morgan fingerprint density at radius 3 is 1.13 bits per heavy atom. The quantitative estimate of drug-likeness (QED) is 0.132. The molecule has 4 aromatic carbocycles. The van der Waals surface area contributed by atoms with Crippen LogP contribution in [0.15, 0.2) is 121 Å². The van der Waals surface area contributed by atoms with Gasteiger partial charge in [-0.05, 0) is 67.6 Å². The zero-order chi connectivity index (χ0) is 43.8. The summed E-state index contributed by atoms with van der Waals surface area (Å²) in [7, 11) is 9.53. The Kier molecular flexibility index (Phi) is 37.2. The zero-order valence-corrected chi connectivity index (χ0v) is 38.2. The van der Waals surface area contributed by atoms with Crippen LogP contribution >= 0.6 is 0 Å². The van der Waals surface area contributed by atoms with Crippen LogP contribution in [-0.2, 0) is 56.8 Å². The number of rotatable bonds is 18. The first-order chi connectivity index (χ1) is 27.6. The fraction of sp³-hybridized carbons (Fsp3) is 0.400. The van der Waals surface area contributed by atoms with Gasteiger partial charge in [-0.2, -0.15) is 21.9 Å². The molecule has 0 amide bonds. The first-order valence-corrected chi connectivity index (χ1v) is 19.2. The Hall–Kier alpha value is -3.90. The maximum Gasteiger partial charge on any atom is 3.00 e. The minimum atomic E-state index is -1.22. The van der Waals surface area contributed by atoms with E-state index in [1.165, 1.54) is 21.9 Å². The van der Waals surface area contributed by atoms with Crippen molar-refractivity contribution >= 4 is 45.9 Å². The van der Waals surface area contributed by atoms with Crippen LogP contribution in [0, 0.1) is 0 Å². The molecule has 60 heavy (non-hydrogen) atoms. The number of nitrogens with zero attached hydrogens (tertiary/aromatic N) is 3. The predicted octanol–water partition coefficient (Wildman–Crippen LogP) is -0.144. The molecule has 12 nitrogen and oxygen atoms in total. The van der Waals surface area contributed by atoms with Crippen LogP contribution in [0.25, 0.3) is 0 Å². The molecule has 15 heteroatoms. The topological polar surface area (TPSA) is 169 Å². The number of ether oxygens (including phenoxy) is 2. The summed E-state index contributed by atoms with van der Waals surface area (Å²) in [6.07, 6.45) is -0.719. The molecule has 0 aliphatic carbocycles. The van der Waals surface area contributed by atoms with Crippen LogP contribution in [-0.4, -0.2) is 138 Å². The maximum atomic E-state index is 12.2. The van der Waals surface area contributed by atoms with Gasteiger partial charge in [0, 0.05) is 46.2 Å². The Morgan fingerprint density at radius 2 is 0.883 bits per heavy atom. The third kappa shape index (κ3) is 27.8. The number of likely N-dealkylation sites (N-methyl/N-ethyl adjacent to an activating group) is 1. The third-order valence-electron chi connectivity index (χ3n) is 8.54. The second-order valence-corrected chi connectivity index (χ2v) is 13.8. The van der Waals surface area contributed by atoms with Crippen molar-refractivity contribution < 1.29 is 77.3 Å². The molecule has 4 aromatic rings. The van der Waals surface area contributed by atoms with Gasteiger partial charge in [0.15, 0.2) is 0 Å². The molecule has 0 aliphatic rings. The maximum absolute atomic E-state index is 12.2. The summed E-state index contributed by atoms with van der Waals surface area (Å²) in [6.45, 7) is 9.04. The second-order valence-electron chi connectivity index (χ2n) is 13.8. The average molecular weight is 919 g/mol. The van der Waals surface area contributed by atoms with Gasteiger partial charge in [-0.15, -0.1) is 6.10 Å². The number of hydrogen-bond acceptors (Lipinski definition) is 11. The van der Waals surface area contributed by atoms with E-state index in [0.29, 0.717) is 26.3 Å². The summed E-state index contributed by atoms with van der Waals surface area (Å²) in [5.74, 6) is -3.00. The number of carbonyl (C=O) groups excluding carboxylic acids is 2. The summed E-state index contributed by atoms with van der Waals surface area (Å²) < 4.78 is 10.2. The Bertz CT molecular complexity index is 1420. The van der Waals surface area contributed by atoms with Crippen molar-refractivity contribution in [3.63, 3.8) is 0 Å². The van der Waals surface area contributed by atoms with E-state index in [1.54, 1.807) is 14.2 Å². The third-order valence-corrected chi connectivity index (χ3v) is 8.54. The van der Waals surface area contributed by atoms with Gasteiger partial charge in [0.2, 0.25) is 0 Å². The van der Waals surface area contributed by atoms with Crippen molar-refractivity contribution in [3.8, 4) is 0 Å². The van der Waals surface area contributed by atoms with E-state index >= 15 is 0 Å². The molecular formula is C45H64BN3Ni2O9+. The first-order valence-electron chi connectivity index (χ1n) is 19.2. The molecule has 0 aliphatic heterocycles. The minimum Gasteiger partial charge on any atom is -0.850 e. The normalized spacial score (nSPS) is 10.7. The SMILES string of the molecule is CC(=O)O.CC(=O)[O-].CC(=O)[O-].COCCN(CCOC)C[C@H]([O-])CN(C)CCCN(C)C.[Ni+2].[Ni+3].c1ccc([B-](c2ccccc2)(c2ccccc2)c2ccccc2)cc1. The number of methoxy groups -OCH3 is 2. The molecule has 1 radical (unpaired) electrons. The molecular weight excluding hydrogens is 855 g/mol. The molecule has 0 heterocycles. The van der Waals surface area contributed by atoms with E-state index in [9.17, 15) is 5.11 Å². The van der Waals surface area contributed by atoms with Crippen molar-refractivity contribution in [2.24, 2.45) is 0 Å². The van der Waals surface area contributed by atoms with E-state index in [4.69, 9.17) is 39.2 Å². The average Bonchev–Trinajstić information content (AvgIpc) is 3.17. The van der Waals surface area contributed by atoms with Crippen LogP contribution in [0.2, 0.25) is 0 Å². The molecule has 0 fully saturated rings. The second kappa shape index (κ2) is 36.9. The molecule has 0 unspecified atom stereocenters. The number of carboxylic acids is 3. The van der Waals surface area contributed by atoms with Gasteiger partial charge in [0.05, 0.1) is 13.2 Å². The van der Waals surface area contributed by atoms with Gasteiger partial charge in [0.1, 0.15) is 6.15 Å². The van der Waals surface area contributed by atoms with Crippen molar-refractivity contribution in [2.75, 3.05) is 87.8 Å². The van der Waals surface area contributed by atoms with Crippen molar-refractivity contribution in [1.29, 1.82) is 0 Å². The van der Waals surface area contributed by atoms with Crippen LogP contribution in [0.1, 0.15) is 27.2 Å². The van der Waals surface area contributed by atoms with Gasteiger partial charge in [-0.25, -0.2) is 0 Å². The molecule has 0 aromatic heterocycles. The van der Waals surface area contributed by atoms with Gasteiger partial charge in [-0.1, -0.05) is 121 Å². The smallest absolute Gasteiger partial charge is 0.850 e. The molecule has 4 rings (SSSR count). The molecule has 0 saturated heterocycles. The summed E-state index contributed by atoms with van der Waals surface area (Å²) in [6, 6.07) is 43.5. The molecule has 0 bridgehead atoms. The number of hydrogen-bond donors (Lipinski definition) is 1. The number of carboxylic acid groups (broad SMARTS) is 3. The summed E-state index contributed by atoms with van der Waals surface area (Å²) in [5, 5.41) is 37.4. The van der Waals surface area contributed by atoms with E-state index < -0.39 is 30.2 Å². The summed E-state index contributed by atoms with van der Waals surface area (Å²) in [4.78, 5) is 33.2. The van der Waals surface area contributed by atoms with Crippen LogP contribution in [0.4, 0.5) is 0 Å². The van der Waals surface area contributed by atoms with E-state index in [2.05, 4.69) is 150 Å². The van der Waals surface area contributed by atoms with E-state index in [0.717, 1.165) is 53.4 Å². The van der Waals surface area contributed by atoms with Gasteiger partial charge < -0.3 is 49.3 Å². The van der Waals surface area contributed by atoms with Crippen LogP contribution in [0.3, 0.4) is 0 Å².